The molecule has 0 fully saturated rings. The van der Waals surface area contributed by atoms with E-state index in [1.807, 2.05) is 50.2 Å². The van der Waals surface area contributed by atoms with E-state index >= 15 is 0 Å². The Labute approximate surface area is 187 Å². The molecule has 1 heterocycles. The number of carbonyl (C=O) groups excluding carboxylic acids is 2. The molecule has 4 rings (SSSR count). The van der Waals surface area contributed by atoms with Gasteiger partial charge in [-0.15, -0.1) is 0 Å². The molecule has 32 heavy (non-hydrogen) atoms. The highest BCUT2D eigenvalue weighted by atomic mass is 19.1. The maximum absolute atomic E-state index is 13.5. The van der Waals surface area contributed by atoms with Crippen molar-refractivity contribution in [3.63, 3.8) is 0 Å². The zero-order chi connectivity index (χ0) is 23.0. The predicted octanol–water partition coefficient (Wildman–Crippen LogP) is 5.96. The minimum absolute atomic E-state index is 0.180. The lowest BCUT2D eigenvalue weighted by Gasteiger charge is -2.18. The van der Waals surface area contributed by atoms with Crippen LogP contribution in [0, 0.1) is 19.7 Å². The van der Waals surface area contributed by atoms with Crippen molar-refractivity contribution >= 4 is 28.8 Å². The number of halogens is 1. The Kier molecular flexibility index (Phi) is 5.66. The second-order valence-corrected chi connectivity index (χ2v) is 8.39. The molecular formula is C27H25FN2O2. The Bertz CT molecular complexity index is 1230. The molecule has 0 spiro atoms. The first-order valence-corrected chi connectivity index (χ1v) is 10.6. The van der Waals surface area contributed by atoms with E-state index in [9.17, 15) is 14.0 Å². The van der Waals surface area contributed by atoms with Gasteiger partial charge in [-0.25, -0.2) is 9.29 Å². The molecule has 0 atom stereocenters. The first kappa shape index (κ1) is 21.5. The summed E-state index contributed by atoms with van der Waals surface area (Å²) in [6.45, 7) is 8.05. The first-order valence-electron chi connectivity index (χ1n) is 10.6. The zero-order valence-electron chi connectivity index (χ0n) is 18.6. The lowest BCUT2D eigenvalue weighted by atomic mass is 10.0. The molecule has 0 aliphatic carbocycles. The van der Waals surface area contributed by atoms with Gasteiger partial charge >= 0.3 is 0 Å². The molecule has 0 radical (unpaired) electrons. The summed E-state index contributed by atoms with van der Waals surface area (Å²) in [5, 5.41) is 3.15. The Hall–Kier alpha value is -3.73. The number of hydrogen-bond acceptors (Lipinski definition) is 3. The van der Waals surface area contributed by atoms with Crippen LogP contribution in [0.4, 0.5) is 15.8 Å². The van der Waals surface area contributed by atoms with Crippen molar-refractivity contribution in [3.05, 3.63) is 100 Å². The molecule has 1 N–H and O–H groups in total. The molecule has 3 aromatic carbocycles. The summed E-state index contributed by atoms with van der Waals surface area (Å²) >= 11 is 0. The summed E-state index contributed by atoms with van der Waals surface area (Å²) in [7, 11) is 0. The molecular weight excluding hydrogens is 403 g/mol. The van der Waals surface area contributed by atoms with Crippen LogP contribution < -0.4 is 10.2 Å². The standard InChI is InChI=1S/C27H25FN2O2/c1-16(2)19-8-12-22(13-9-19)29-25-24(20-6-10-21(28)11-7-20)26(31)30(27(25)32)23-14-5-17(3)15-18(23)4/h5-16,29H,1-4H3. The van der Waals surface area contributed by atoms with Gasteiger partial charge in [0.25, 0.3) is 11.8 Å². The number of anilines is 2. The number of carbonyl (C=O) groups is 2. The number of nitrogens with one attached hydrogen (secondary N) is 1. The largest absolute Gasteiger partial charge is 0.350 e. The highest BCUT2D eigenvalue weighted by molar-refractivity contribution is 6.46. The number of imide groups is 1. The van der Waals surface area contributed by atoms with Gasteiger partial charge in [0.15, 0.2) is 0 Å². The van der Waals surface area contributed by atoms with Crippen LogP contribution in [0.1, 0.15) is 42.0 Å². The Morgan fingerprint density at radius 2 is 1.50 bits per heavy atom. The molecule has 1 aliphatic rings. The normalized spacial score (nSPS) is 14.0. The fourth-order valence-electron chi connectivity index (χ4n) is 3.90. The fourth-order valence-corrected chi connectivity index (χ4v) is 3.90. The number of rotatable bonds is 5. The second-order valence-electron chi connectivity index (χ2n) is 8.39. The van der Waals surface area contributed by atoms with Gasteiger partial charge in [0.05, 0.1) is 11.3 Å². The highest BCUT2D eigenvalue weighted by Gasteiger charge is 2.40. The second kappa shape index (κ2) is 8.42. The summed E-state index contributed by atoms with van der Waals surface area (Å²) in [5.41, 5.74) is 5.17. The number of hydrogen-bond donors (Lipinski definition) is 1. The average Bonchev–Trinajstić information content (AvgIpc) is 2.99. The average molecular weight is 429 g/mol. The van der Waals surface area contributed by atoms with Crippen LogP contribution in [0.25, 0.3) is 5.57 Å². The Balaban J connectivity index is 1.80. The summed E-state index contributed by atoms with van der Waals surface area (Å²) < 4.78 is 13.5. The van der Waals surface area contributed by atoms with Crippen LogP contribution in [0.2, 0.25) is 0 Å². The first-order chi connectivity index (χ1) is 15.3. The Morgan fingerprint density at radius 3 is 2.09 bits per heavy atom. The molecule has 0 aromatic heterocycles. The van der Waals surface area contributed by atoms with Gasteiger partial charge in [0.2, 0.25) is 0 Å². The zero-order valence-corrected chi connectivity index (χ0v) is 18.6. The molecule has 0 bridgehead atoms. The van der Waals surface area contributed by atoms with Crippen molar-refractivity contribution in [2.75, 3.05) is 10.2 Å². The molecule has 0 unspecified atom stereocenters. The van der Waals surface area contributed by atoms with Crippen molar-refractivity contribution in [3.8, 4) is 0 Å². The van der Waals surface area contributed by atoms with Crippen LogP contribution in [0.3, 0.4) is 0 Å². The van der Waals surface area contributed by atoms with Gasteiger partial charge in [-0.3, -0.25) is 9.59 Å². The molecule has 2 amide bonds. The van der Waals surface area contributed by atoms with Gasteiger partial charge in [-0.05, 0) is 66.8 Å². The van der Waals surface area contributed by atoms with Gasteiger partial charge < -0.3 is 5.32 Å². The van der Waals surface area contributed by atoms with Crippen LogP contribution >= 0.6 is 0 Å². The van der Waals surface area contributed by atoms with E-state index in [1.165, 1.54) is 34.7 Å². The quantitative estimate of drug-likeness (QED) is 0.510. The molecule has 3 aromatic rings. The van der Waals surface area contributed by atoms with Gasteiger partial charge in [-0.2, -0.15) is 0 Å². The van der Waals surface area contributed by atoms with Crippen molar-refractivity contribution in [1.29, 1.82) is 0 Å². The SMILES string of the molecule is Cc1ccc(N2C(=O)C(Nc3ccc(C(C)C)cc3)=C(c3ccc(F)cc3)C2=O)c(C)c1. The monoisotopic (exact) mass is 428 g/mol. The van der Waals surface area contributed by atoms with E-state index in [0.717, 1.165) is 11.1 Å². The van der Waals surface area contributed by atoms with Crippen LogP contribution in [0.5, 0.6) is 0 Å². The summed E-state index contributed by atoms with van der Waals surface area (Å²) in [6.07, 6.45) is 0. The van der Waals surface area contributed by atoms with E-state index in [-0.39, 0.29) is 11.3 Å². The third-order valence-corrected chi connectivity index (χ3v) is 5.66. The third-order valence-electron chi connectivity index (χ3n) is 5.66. The number of nitrogens with zero attached hydrogens (tertiary/aromatic N) is 1. The van der Waals surface area contributed by atoms with Crippen LogP contribution in [0.15, 0.2) is 72.4 Å². The van der Waals surface area contributed by atoms with Crippen molar-refractivity contribution in [1.82, 2.24) is 0 Å². The van der Waals surface area contributed by atoms with E-state index in [0.29, 0.717) is 22.9 Å². The topological polar surface area (TPSA) is 49.4 Å². The van der Waals surface area contributed by atoms with E-state index in [1.54, 1.807) is 6.07 Å². The van der Waals surface area contributed by atoms with E-state index in [4.69, 9.17) is 0 Å². The number of aryl methyl sites for hydroxylation is 2. The van der Waals surface area contributed by atoms with Crippen LogP contribution in [-0.2, 0) is 9.59 Å². The van der Waals surface area contributed by atoms with Gasteiger partial charge in [-0.1, -0.05) is 55.8 Å². The molecule has 5 heteroatoms. The summed E-state index contributed by atoms with van der Waals surface area (Å²) in [6, 6.07) is 19.0. The smallest absolute Gasteiger partial charge is 0.282 e. The maximum Gasteiger partial charge on any atom is 0.282 e. The van der Waals surface area contributed by atoms with Gasteiger partial charge in [0.1, 0.15) is 11.5 Å². The van der Waals surface area contributed by atoms with E-state index in [2.05, 4.69) is 19.2 Å². The molecule has 162 valence electrons. The minimum atomic E-state index is -0.436. The Morgan fingerprint density at radius 1 is 0.844 bits per heavy atom. The lowest BCUT2D eigenvalue weighted by molar-refractivity contribution is -0.120. The fraction of sp³-hybridized carbons (Fsp3) is 0.185. The van der Waals surface area contributed by atoms with Gasteiger partial charge in [0, 0.05) is 5.69 Å². The molecule has 4 nitrogen and oxygen atoms in total. The van der Waals surface area contributed by atoms with Crippen LogP contribution in [-0.4, -0.2) is 11.8 Å². The number of benzene rings is 3. The van der Waals surface area contributed by atoms with Crippen molar-refractivity contribution in [2.45, 2.75) is 33.6 Å². The lowest BCUT2D eigenvalue weighted by Crippen LogP contribution is -2.33. The molecule has 0 saturated carbocycles. The van der Waals surface area contributed by atoms with Crippen molar-refractivity contribution < 1.29 is 14.0 Å². The van der Waals surface area contributed by atoms with E-state index < -0.39 is 17.6 Å². The maximum atomic E-state index is 13.5. The molecule has 1 aliphatic heterocycles. The van der Waals surface area contributed by atoms with Crippen molar-refractivity contribution in [2.24, 2.45) is 0 Å². The summed E-state index contributed by atoms with van der Waals surface area (Å²) in [5.74, 6) is -0.895. The third kappa shape index (κ3) is 3.94. The summed E-state index contributed by atoms with van der Waals surface area (Å²) in [4.78, 5) is 28.2. The predicted molar refractivity (Wildman–Crippen MR) is 126 cm³/mol. The highest BCUT2D eigenvalue weighted by Crippen LogP contribution is 2.35. The minimum Gasteiger partial charge on any atom is -0.350 e. The molecule has 0 saturated heterocycles. The number of amides is 2.